The Hall–Kier alpha value is -3.61. The molecule has 1 aromatic carbocycles. The number of nitrogens with one attached hydrogen (secondary N) is 3. The molecule has 1 amide bonds. The number of carbonyl (C=O) groups is 3. The zero-order valence-corrected chi connectivity index (χ0v) is 24.4. The molecule has 3 aliphatic carbocycles. The molecule has 1 unspecified atom stereocenters. The van der Waals surface area contributed by atoms with Gasteiger partial charge in [0.15, 0.2) is 5.60 Å². The lowest BCUT2D eigenvalue weighted by Crippen LogP contribution is -2.66. The largest absolute Gasteiger partial charge is 0.507 e. The summed E-state index contributed by atoms with van der Waals surface area (Å²) >= 11 is 0. The number of carbonyl (C=O) groups excluding carboxylic acids is 3. The van der Waals surface area contributed by atoms with E-state index in [1.807, 2.05) is 30.5 Å². The van der Waals surface area contributed by atoms with E-state index in [1.165, 1.54) is 6.08 Å². The Labute approximate surface area is 239 Å². The molecule has 6 N–H and O–H groups in total. The highest BCUT2D eigenvalue weighted by Crippen LogP contribution is 2.52. The third kappa shape index (κ3) is 5.04. The fourth-order valence-electron chi connectivity index (χ4n) is 6.41. The Morgan fingerprint density at radius 3 is 2.46 bits per heavy atom. The van der Waals surface area contributed by atoms with E-state index in [2.05, 4.69) is 24.4 Å². The van der Waals surface area contributed by atoms with E-state index in [1.54, 1.807) is 19.0 Å². The van der Waals surface area contributed by atoms with Gasteiger partial charge in [0.1, 0.15) is 11.5 Å². The Bertz CT molecular complexity index is 1350. The van der Waals surface area contributed by atoms with Crippen LogP contribution in [0.5, 0.6) is 5.75 Å². The van der Waals surface area contributed by atoms with Crippen LogP contribution in [0, 0.1) is 23.3 Å². The fourth-order valence-corrected chi connectivity index (χ4v) is 6.41. The van der Waals surface area contributed by atoms with Crippen molar-refractivity contribution in [1.29, 1.82) is 5.53 Å². The SMILES string of the molecule is CC(C)CCNCc1cc(N(C)C)c2c(c1O)C(O)=C1C(=O)[C@]3(O)C(=O)C(C(=O)NN=N)=CC(N(C)C)[C@@H]3C[C@@H]1C2. The Morgan fingerprint density at radius 2 is 1.88 bits per heavy atom. The van der Waals surface area contributed by atoms with Gasteiger partial charge in [-0.25, -0.2) is 5.43 Å². The molecule has 12 heteroatoms. The minimum Gasteiger partial charge on any atom is -0.507 e. The van der Waals surface area contributed by atoms with Gasteiger partial charge in [0.2, 0.25) is 11.6 Å². The predicted molar refractivity (Wildman–Crippen MR) is 152 cm³/mol. The number of hydrogen-bond acceptors (Lipinski definition) is 11. The van der Waals surface area contributed by atoms with E-state index >= 15 is 0 Å². The number of nitrogens with zero attached hydrogens (tertiary/aromatic N) is 3. The maximum Gasteiger partial charge on any atom is 0.276 e. The summed E-state index contributed by atoms with van der Waals surface area (Å²) in [7, 11) is 7.16. The smallest absolute Gasteiger partial charge is 0.276 e. The van der Waals surface area contributed by atoms with Gasteiger partial charge in [-0.1, -0.05) is 25.1 Å². The number of aliphatic hydroxyl groups excluding tert-OH is 1. The molecule has 12 nitrogen and oxygen atoms in total. The lowest BCUT2D eigenvalue weighted by molar-refractivity contribution is -0.160. The molecule has 3 aliphatic rings. The number of hydrogen-bond donors (Lipinski definition) is 6. The number of rotatable bonds is 9. The number of anilines is 1. The topological polar surface area (TPSA) is 179 Å². The van der Waals surface area contributed by atoms with E-state index in [0.29, 0.717) is 30.0 Å². The summed E-state index contributed by atoms with van der Waals surface area (Å²) < 4.78 is 0. The first-order valence-corrected chi connectivity index (χ1v) is 13.8. The van der Waals surface area contributed by atoms with E-state index in [4.69, 9.17) is 5.53 Å². The van der Waals surface area contributed by atoms with Crippen LogP contribution in [0.2, 0.25) is 0 Å². The van der Waals surface area contributed by atoms with Gasteiger partial charge >= 0.3 is 0 Å². The van der Waals surface area contributed by atoms with Crippen molar-refractivity contribution in [3.05, 3.63) is 40.0 Å². The summed E-state index contributed by atoms with van der Waals surface area (Å²) in [5.41, 5.74) is 7.74. The number of fused-ring (bicyclic) bond motifs is 3. The molecule has 4 atom stereocenters. The quantitative estimate of drug-likeness (QED) is 0.0852. The van der Waals surface area contributed by atoms with Gasteiger partial charge in [-0.3, -0.25) is 14.4 Å². The highest BCUT2D eigenvalue weighted by atomic mass is 16.3. The second-order valence-electron chi connectivity index (χ2n) is 12.0. The van der Waals surface area contributed by atoms with Gasteiger partial charge in [0.05, 0.1) is 11.1 Å². The molecule has 0 bridgehead atoms. The maximum absolute atomic E-state index is 14.1. The summed E-state index contributed by atoms with van der Waals surface area (Å²) in [6.45, 7) is 5.32. The molecule has 1 fully saturated rings. The predicted octanol–water partition coefficient (Wildman–Crippen LogP) is 1.86. The molecule has 0 heterocycles. The van der Waals surface area contributed by atoms with Gasteiger partial charge in [-0.05, 0) is 63.4 Å². The third-order valence-electron chi connectivity index (χ3n) is 8.51. The molecular formula is C29H40N6O6. The number of Topliss-reactive ketones (excluding diaryl/α,β-unsaturated/α-hetero) is 2. The molecule has 0 spiro atoms. The van der Waals surface area contributed by atoms with Crippen molar-refractivity contribution >= 4 is 28.9 Å². The van der Waals surface area contributed by atoms with Crippen molar-refractivity contribution < 1.29 is 29.7 Å². The normalized spacial score (nSPS) is 25.5. The van der Waals surface area contributed by atoms with Crippen molar-refractivity contribution in [1.82, 2.24) is 15.6 Å². The van der Waals surface area contributed by atoms with Crippen LogP contribution in [-0.4, -0.2) is 84.1 Å². The van der Waals surface area contributed by atoms with E-state index < -0.39 is 52.3 Å². The number of phenolic OH excluding ortho intramolecular Hbond substituents is 1. The number of phenols is 1. The van der Waals surface area contributed by atoms with Crippen molar-refractivity contribution in [2.75, 3.05) is 39.6 Å². The zero-order valence-electron chi connectivity index (χ0n) is 24.4. The molecule has 0 aliphatic heterocycles. The molecule has 0 aromatic heterocycles. The average Bonchev–Trinajstić information content (AvgIpc) is 2.89. The van der Waals surface area contributed by atoms with Crippen LogP contribution in [0.25, 0.3) is 5.76 Å². The Balaban J connectivity index is 1.84. The van der Waals surface area contributed by atoms with E-state index in [-0.39, 0.29) is 23.3 Å². The van der Waals surface area contributed by atoms with Crippen molar-refractivity contribution in [3.63, 3.8) is 0 Å². The first-order valence-electron chi connectivity index (χ1n) is 13.8. The van der Waals surface area contributed by atoms with Crippen LogP contribution >= 0.6 is 0 Å². The van der Waals surface area contributed by atoms with Crippen molar-refractivity contribution in [2.24, 2.45) is 23.0 Å². The summed E-state index contributed by atoms with van der Waals surface area (Å²) in [4.78, 5) is 43.9. The minimum absolute atomic E-state index is 0.118. The van der Waals surface area contributed by atoms with Gasteiger partial charge in [-0.2, -0.15) is 5.53 Å². The lowest BCUT2D eigenvalue weighted by atomic mass is 9.57. The number of aliphatic hydroxyl groups is 2. The number of benzene rings is 1. The summed E-state index contributed by atoms with van der Waals surface area (Å²) in [6.07, 6.45) is 2.83. The standard InChI is InChI=1S/C29H40N6O6/c1-14(2)7-8-31-13-16-11-20(34(3)4)17-9-15-10-19-21(35(5)6)12-18(28(40)32-33-30)26(38)29(19,41)27(39)22(15)25(37)23(17)24(16)36/h11-12,14-15,19,21,31,36-37,41H,7-10,13H2,1-6H3,(H2,30,32,40)/t15-,19-,21?,29+/m0/s1. The Morgan fingerprint density at radius 1 is 1.20 bits per heavy atom. The van der Waals surface area contributed by atoms with Crippen LogP contribution in [0.4, 0.5) is 5.69 Å². The van der Waals surface area contributed by atoms with Gasteiger partial charge in [0, 0.05) is 49.4 Å². The molecule has 41 heavy (non-hydrogen) atoms. The maximum atomic E-state index is 14.1. The molecule has 0 radical (unpaired) electrons. The van der Waals surface area contributed by atoms with Crippen LogP contribution < -0.4 is 15.6 Å². The lowest BCUT2D eigenvalue weighted by Gasteiger charge is -2.49. The Kier molecular flexibility index (Phi) is 8.40. The first-order chi connectivity index (χ1) is 19.2. The second kappa shape index (κ2) is 11.3. The molecule has 222 valence electrons. The van der Waals surface area contributed by atoms with Crippen LogP contribution in [0.3, 0.4) is 0 Å². The summed E-state index contributed by atoms with van der Waals surface area (Å²) in [5, 5.41) is 40.9. The summed E-state index contributed by atoms with van der Waals surface area (Å²) in [6, 6.07) is 1.22. The molecule has 1 aromatic rings. The number of amides is 1. The number of likely N-dealkylation sites (N-methyl/N-ethyl adjacent to an activating group) is 1. The summed E-state index contributed by atoms with van der Waals surface area (Å²) in [5.74, 6) is -4.63. The van der Waals surface area contributed by atoms with Crippen LogP contribution in [0.1, 0.15) is 43.4 Å². The van der Waals surface area contributed by atoms with Gasteiger partial charge < -0.3 is 30.4 Å². The van der Waals surface area contributed by atoms with Crippen LogP contribution in [0.15, 0.2) is 28.5 Å². The zero-order chi connectivity index (χ0) is 30.4. The molecule has 4 rings (SSSR count). The van der Waals surface area contributed by atoms with Gasteiger partial charge in [0.25, 0.3) is 5.91 Å². The second-order valence-corrected chi connectivity index (χ2v) is 12.0. The van der Waals surface area contributed by atoms with E-state index in [9.17, 15) is 29.7 Å². The van der Waals surface area contributed by atoms with Crippen LogP contribution in [-0.2, 0) is 27.3 Å². The molecule has 1 saturated carbocycles. The molecule has 0 saturated heterocycles. The minimum atomic E-state index is -2.62. The van der Waals surface area contributed by atoms with Crippen molar-refractivity contribution in [2.45, 2.75) is 51.3 Å². The highest BCUT2D eigenvalue weighted by molar-refractivity contribution is 6.32. The average molecular weight is 569 g/mol. The third-order valence-corrected chi connectivity index (χ3v) is 8.51. The number of aromatic hydroxyl groups is 1. The monoisotopic (exact) mass is 568 g/mol. The van der Waals surface area contributed by atoms with E-state index in [0.717, 1.165) is 18.7 Å². The first kappa shape index (κ1) is 30.4. The van der Waals surface area contributed by atoms with Crippen molar-refractivity contribution in [3.8, 4) is 5.75 Å². The molecular weight excluding hydrogens is 528 g/mol. The van der Waals surface area contributed by atoms with Gasteiger partial charge in [-0.15, -0.1) is 0 Å². The highest BCUT2D eigenvalue weighted by Gasteiger charge is 2.63. The fraction of sp³-hybridized carbons (Fsp3) is 0.552. The number of ketones is 2.